The van der Waals surface area contributed by atoms with Crippen molar-refractivity contribution < 1.29 is 13.9 Å². The molecule has 0 N–H and O–H groups in total. The number of hydrogen-bond donors (Lipinski definition) is 0. The van der Waals surface area contributed by atoms with E-state index in [1.165, 1.54) is 55.2 Å². The van der Waals surface area contributed by atoms with Gasteiger partial charge in [0.1, 0.15) is 5.75 Å². The van der Waals surface area contributed by atoms with E-state index in [-0.39, 0.29) is 17.4 Å². The molecule has 138 valence electrons. The van der Waals surface area contributed by atoms with Crippen LogP contribution in [0.3, 0.4) is 0 Å². The number of hydrogen-bond acceptors (Lipinski definition) is 3. The van der Waals surface area contributed by atoms with Crippen LogP contribution in [0.15, 0.2) is 36.5 Å². The monoisotopic (exact) mass is 356 g/mol. The summed E-state index contributed by atoms with van der Waals surface area (Å²) in [5.74, 6) is 0.0852. The lowest BCUT2D eigenvalue weighted by Gasteiger charge is -2.15. The Hall–Kier alpha value is -2.43. The maximum Gasteiger partial charge on any atom is 0.255 e. The number of amides is 1. The molecule has 1 fully saturated rings. The van der Waals surface area contributed by atoms with Crippen LogP contribution in [0.25, 0.3) is 0 Å². The topological polar surface area (TPSA) is 42.4 Å². The van der Waals surface area contributed by atoms with Crippen molar-refractivity contribution in [2.24, 2.45) is 0 Å². The van der Waals surface area contributed by atoms with E-state index in [2.05, 4.69) is 17.1 Å². The summed E-state index contributed by atoms with van der Waals surface area (Å²) in [6, 6.07) is 9.01. The highest BCUT2D eigenvalue weighted by Gasteiger charge is 2.16. The van der Waals surface area contributed by atoms with E-state index in [4.69, 9.17) is 4.74 Å². The Morgan fingerprint density at radius 2 is 1.77 bits per heavy atom. The van der Waals surface area contributed by atoms with E-state index >= 15 is 0 Å². The van der Waals surface area contributed by atoms with Gasteiger partial charge in [-0.3, -0.25) is 4.79 Å². The summed E-state index contributed by atoms with van der Waals surface area (Å²) in [5, 5.41) is 0. The quantitative estimate of drug-likeness (QED) is 0.711. The van der Waals surface area contributed by atoms with Crippen LogP contribution in [0.2, 0.25) is 0 Å². The number of carbonyl (C=O) groups is 1. The molecule has 1 amide bonds. The van der Waals surface area contributed by atoms with Crippen LogP contribution < -0.4 is 4.74 Å². The summed E-state index contributed by atoms with van der Waals surface area (Å²) >= 11 is 0. The van der Waals surface area contributed by atoms with Gasteiger partial charge in [0.05, 0.1) is 5.56 Å². The van der Waals surface area contributed by atoms with Crippen molar-refractivity contribution >= 4 is 5.91 Å². The van der Waals surface area contributed by atoms with E-state index in [0.717, 1.165) is 6.07 Å². The molecule has 0 spiro atoms. The lowest BCUT2D eigenvalue weighted by Crippen LogP contribution is -2.22. The van der Waals surface area contributed by atoms with Crippen LogP contribution in [-0.2, 0) is 0 Å². The van der Waals surface area contributed by atoms with E-state index in [0.29, 0.717) is 11.7 Å². The number of pyridine rings is 1. The van der Waals surface area contributed by atoms with Crippen molar-refractivity contribution in [3.63, 3.8) is 0 Å². The minimum absolute atomic E-state index is 0.123. The second-order valence-corrected chi connectivity index (χ2v) is 7.07. The van der Waals surface area contributed by atoms with E-state index in [1.54, 1.807) is 14.1 Å². The first-order valence-corrected chi connectivity index (χ1v) is 9.19. The molecular weight excluding hydrogens is 331 g/mol. The highest BCUT2D eigenvalue weighted by atomic mass is 19.1. The van der Waals surface area contributed by atoms with Crippen molar-refractivity contribution in [2.45, 2.75) is 44.4 Å². The summed E-state index contributed by atoms with van der Waals surface area (Å²) < 4.78 is 19.8. The van der Waals surface area contributed by atoms with Crippen LogP contribution in [0.4, 0.5) is 4.39 Å². The zero-order chi connectivity index (χ0) is 18.5. The first kappa shape index (κ1) is 18.4. The minimum Gasteiger partial charge on any atom is -0.436 e. The molecule has 4 nitrogen and oxygen atoms in total. The molecule has 5 heteroatoms. The van der Waals surface area contributed by atoms with Gasteiger partial charge in [-0.05, 0) is 42.5 Å². The molecule has 26 heavy (non-hydrogen) atoms. The van der Waals surface area contributed by atoms with Gasteiger partial charge < -0.3 is 9.64 Å². The predicted octanol–water partition coefficient (Wildman–Crippen LogP) is 5.15. The fraction of sp³-hybridized carbons (Fsp3) is 0.429. The largest absolute Gasteiger partial charge is 0.436 e. The van der Waals surface area contributed by atoms with Gasteiger partial charge in [0, 0.05) is 20.3 Å². The van der Waals surface area contributed by atoms with E-state index in [1.807, 2.05) is 12.1 Å². The fourth-order valence-electron chi connectivity index (χ4n) is 3.41. The van der Waals surface area contributed by atoms with Crippen molar-refractivity contribution in [3.8, 4) is 11.6 Å². The molecule has 0 radical (unpaired) electrons. The van der Waals surface area contributed by atoms with Crippen LogP contribution in [0.5, 0.6) is 11.6 Å². The van der Waals surface area contributed by atoms with Crippen LogP contribution in [0.1, 0.15) is 60.4 Å². The van der Waals surface area contributed by atoms with E-state index in [9.17, 15) is 9.18 Å². The number of nitrogens with zero attached hydrogens (tertiary/aromatic N) is 2. The molecule has 0 saturated heterocycles. The summed E-state index contributed by atoms with van der Waals surface area (Å²) in [7, 11) is 3.22. The molecule has 0 unspecified atom stereocenters. The number of carbonyl (C=O) groups excluding carboxylic acids is 1. The smallest absolute Gasteiger partial charge is 0.255 e. The van der Waals surface area contributed by atoms with Crippen molar-refractivity contribution in [1.82, 2.24) is 9.88 Å². The normalized spacial score (nSPS) is 15.3. The van der Waals surface area contributed by atoms with Crippen molar-refractivity contribution in [2.75, 3.05) is 14.1 Å². The summed E-state index contributed by atoms with van der Waals surface area (Å²) in [4.78, 5) is 17.2. The van der Waals surface area contributed by atoms with Gasteiger partial charge in [-0.2, -0.15) is 0 Å². The maximum atomic E-state index is 14.2. The Kier molecular flexibility index (Phi) is 5.86. The van der Waals surface area contributed by atoms with Crippen molar-refractivity contribution in [3.05, 3.63) is 53.5 Å². The fourth-order valence-corrected chi connectivity index (χ4v) is 3.41. The Bertz CT molecular complexity index is 751. The highest BCUT2D eigenvalue weighted by Crippen LogP contribution is 2.33. The lowest BCUT2D eigenvalue weighted by atomic mass is 9.92. The van der Waals surface area contributed by atoms with Crippen LogP contribution in [-0.4, -0.2) is 29.9 Å². The summed E-state index contributed by atoms with van der Waals surface area (Å²) in [5.41, 5.74) is 1.52. The molecule has 3 rings (SSSR count). The molecule has 1 aliphatic rings. The number of benzene rings is 1. The molecule has 1 saturated carbocycles. The number of aromatic nitrogens is 1. The molecule has 1 aromatic heterocycles. The predicted molar refractivity (Wildman–Crippen MR) is 99.2 cm³/mol. The summed E-state index contributed by atoms with van der Waals surface area (Å²) in [6.07, 6.45) is 9.03. The average Bonchev–Trinajstić information content (AvgIpc) is 2.93. The van der Waals surface area contributed by atoms with Gasteiger partial charge in [-0.15, -0.1) is 0 Å². The molecular formula is C21H25FN2O2. The molecule has 2 aromatic rings. The molecule has 0 bridgehead atoms. The Morgan fingerprint density at radius 3 is 2.35 bits per heavy atom. The SMILES string of the molecule is CN(C)C(=O)c1cnc(Oc2ccc(C3CCCCCC3)cc2)c(F)c1. The first-order chi connectivity index (χ1) is 12.5. The first-order valence-electron chi connectivity index (χ1n) is 9.19. The molecule has 1 heterocycles. The average molecular weight is 356 g/mol. The second kappa shape index (κ2) is 8.30. The Morgan fingerprint density at radius 1 is 1.12 bits per heavy atom. The van der Waals surface area contributed by atoms with Gasteiger partial charge in [0.2, 0.25) is 0 Å². The van der Waals surface area contributed by atoms with Crippen LogP contribution >= 0.6 is 0 Å². The maximum absolute atomic E-state index is 14.2. The molecule has 0 atom stereocenters. The zero-order valence-corrected chi connectivity index (χ0v) is 15.4. The lowest BCUT2D eigenvalue weighted by molar-refractivity contribution is 0.0826. The number of ether oxygens (including phenoxy) is 1. The minimum atomic E-state index is -0.648. The van der Waals surface area contributed by atoms with Gasteiger partial charge in [0.15, 0.2) is 5.82 Å². The van der Waals surface area contributed by atoms with Gasteiger partial charge in [-0.25, -0.2) is 9.37 Å². The third-order valence-electron chi connectivity index (χ3n) is 4.88. The van der Waals surface area contributed by atoms with Gasteiger partial charge in [0.25, 0.3) is 11.8 Å². The molecule has 0 aliphatic heterocycles. The Balaban J connectivity index is 1.70. The van der Waals surface area contributed by atoms with Gasteiger partial charge >= 0.3 is 0 Å². The highest BCUT2D eigenvalue weighted by molar-refractivity contribution is 5.93. The zero-order valence-electron chi connectivity index (χ0n) is 15.4. The standard InChI is InChI=1S/C21H25FN2O2/c1-24(2)21(25)17-13-19(22)20(23-14-17)26-18-11-9-16(10-12-18)15-7-5-3-4-6-8-15/h9-15H,3-8H2,1-2H3. The molecule has 1 aromatic carbocycles. The third kappa shape index (κ3) is 4.40. The molecule has 1 aliphatic carbocycles. The number of rotatable bonds is 4. The van der Waals surface area contributed by atoms with E-state index < -0.39 is 5.82 Å². The summed E-state index contributed by atoms with van der Waals surface area (Å²) in [6.45, 7) is 0. The van der Waals surface area contributed by atoms with Gasteiger partial charge in [-0.1, -0.05) is 37.8 Å². The van der Waals surface area contributed by atoms with Crippen molar-refractivity contribution in [1.29, 1.82) is 0 Å². The Labute approximate surface area is 154 Å². The number of halogens is 1. The third-order valence-corrected chi connectivity index (χ3v) is 4.88. The van der Waals surface area contributed by atoms with Crippen LogP contribution in [0, 0.1) is 5.82 Å². The second-order valence-electron chi connectivity index (χ2n) is 7.07.